The first kappa shape index (κ1) is 22.7. The van der Waals surface area contributed by atoms with Crippen LogP contribution in [0.15, 0.2) is 30.3 Å². The van der Waals surface area contributed by atoms with Crippen molar-refractivity contribution in [2.75, 3.05) is 0 Å². The van der Waals surface area contributed by atoms with Gasteiger partial charge in [0.15, 0.2) is 0 Å². The minimum atomic E-state index is -4.17. The van der Waals surface area contributed by atoms with Gasteiger partial charge < -0.3 is 4.18 Å². The van der Waals surface area contributed by atoms with Gasteiger partial charge in [-0.3, -0.25) is 4.79 Å². The van der Waals surface area contributed by atoms with E-state index in [0.717, 1.165) is 19.3 Å². The van der Waals surface area contributed by atoms with Crippen LogP contribution in [0.5, 0.6) is 5.75 Å². The predicted molar refractivity (Wildman–Crippen MR) is 107 cm³/mol. The average molecular weight is 383 g/mol. The van der Waals surface area contributed by atoms with E-state index < -0.39 is 15.2 Å². The van der Waals surface area contributed by atoms with Crippen LogP contribution in [0.25, 0.3) is 0 Å². The molecule has 0 heterocycles. The lowest BCUT2D eigenvalue weighted by Gasteiger charge is -2.06. The van der Waals surface area contributed by atoms with Crippen LogP contribution < -0.4 is 4.18 Å². The number of carbonyl (C=O) groups is 1. The van der Waals surface area contributed by atoms with Crippen LogP contribution in [0.2, 0.25) is 0 Å². The van der Waals surface area contributed by atoms with Gasteiger partial charge in [-0.05, 0) is 18.6 Å². The SMILES string of the molecule is CCCCCCCCCCCCCCC(=O)S(=O)(=O)Oc1ccccc1. The summed E-state index contributed by atoms with van der Waals surface area (Å²) in [6.07, 6.45) is 14.3. The molecular formula is C21H34O4S. The van der Waals surface area contributed by atoms with Crippen LogP contribution in [0.3, 0.4) is 0 Å². The Kier molecular flexibility index (Phi) is 12.0. The summed E-state index contributed by atoms with van der Waals surface area (Å²) in [7, 11) is -4.17. The van der Waals surface area contributed by atoms with Gasteiger partial charge in [0, 0.05) is 6.42 Å². The maximum Gasteiger partial charge on any atom is 0.373 e. The summed E-state index contributed by atoms with van der Waals surface area (Å²) in [4.78, 5) is 11.8. The molecule has 1 aromatic rings. The molecule has 0 bridgehead atoms. The van der Waals surface area contributed by atoms with Gasteiger partial charge in [0.25, 0.3) is 5.12 Å². The number of unbranched alkanes of at least 4 members (excludes halogenated alkanes) is 11. The summed E-state index contributed by atoms with van der Waals surface area (Å²) in [5.74, 6) is 0.176. The number of carbonyl (C=O) groups excluding carboxylic acids is 1. The van der Waals surface area contributed by atoms with E-state index in [2.05, 4.69) is 6.92 Å². The molecule has 0 aromatic heterocycles. The van der Waals surface area contributed by atoms with Gasteiger partial charge in [0.2, 0.25) is 0 Å². The van der Waals surface area contributed by atoms with E-state index in [-0.39, 0.29) is 12.2 Å². The zero-order valence-corrected chi connectivity index (χ0v) is 16.9. The molecule has 1 rings (SSSR count). The first-order valence-electron chi connectivity index (χ1n) is 10.1. The number of para-hydroxylation sites is 1. The fourth-order valence-corrected chi connectivity index (χ4v) is 3.74. The van der Waals surface area contributed by atoms with Crippen LogP contribution >= 0.6 is 0 Å². The molecule has 0 aliphatic rings. The van der Waals surface area contributed by atoms with E-state index in [1.807, 2.05) is 0 Å². The molecule has 148 valence electrons. The van der Waals surface area contributed by atoms with E-state index in [9.17, 15) is 13.2 Å². The van der Waals surface area contributed by atoms with Gasteiger partial charge in [-0.2, -0.15) is 8.42 Å². The normalized spacial score (nSPS) is 11.4. The third kappa shape index (κ3) is 10.6. The maximum atomic E-state index is 11.9. The highest BCUT2D eigenvalue weighted by Crippen LogP contribution is 2.15. The van der Waals surface area contributed by atoms with Crippen LogP contribution in [0, 0.1) is 0 Å². The first-order chi connectivity index (χ1) is 12.6. The van der Waals surface area contributed by atoms with E-state index in [1.165, 1.54) is 63.5 Å². The van der Waals surface area contributed by atoms with Crippen molar-refractivity contribution >= 4 is 15.2 Å². The third-order valence-corrected chi connectivity index (χ3v) is 5.64. The molecule has 0 aliphatic heterocycles. The monoisotopic (exact) mass is 382 g/mol. The predicted octanol–water partition coefficient (Wildman–Crippen LogP) is 6.01. The third-order valence-electron chi connectivity index (χ3n) is 4.46. The van der Waals surface area contributed by atoms with Crippen molar-refractivity contribution in [3.8, 4) is 5.75 Å². The molecule has 0 N–H and O–H groups in total. The molecule has 0 aliphatic carbocycles. The molecule has 0 fully saturated rings. The number of hydrogen-bond donors (Lipinski definition) is 0. The van der Waals surface area contributed by atoms with Crippen molar-refractivity contribution in [1.82, 2.24) is 0 Å². The standard InChI is InChI=1S/C21H34O4S/c1-2-3-4-5-6-7-8-9-10-11-12-16-19-21(22)26(23,24)25-20-17-14-13-15-18-20/h13-15,17-18H,2-12,16,19H2,1H3. The van der Waals surface area contributed by atoms with E-state index in [4.69, 9.17) is 4.18 Å². The second kappa shape index (κ2) is 13.8. The molecule has 0 atom stereocenters. The number of rotatable bonds is 15. The van der Waals surface area contributed by atoms with Crippen molar-refractivity contribution in [3.05, 3.63) is 30.3 Å². The molecule has 0 unspecified atom stereocenters. The smallest absolute Gasteiger partial charge is 0.373 e. The lowest BCUT2D eigenvalue weighted by Crippen LogP contribution is -2.20. The average Bonchev–Trinajstić information content (AvgIpc) is 2.63. The first-order valence-corrected chi connectivity index (χ1v) is 11.5. The Balaban J connectivity index is 2.02. The second-order valence-electron chi connectivity index (χ2n) is 6.86. The molecule has 5 heteroatoms. The summed E-state index contributed by atoms with van der Waals surface area (Å²) < 4.78 is 28.6. The van der Waals surface area contributed by atoms with Crippen LogP contribution in [0.4, 0.5) is 0 Å². The Hall–Kier alpha value is -1.36. The van der Waals surface area contributed by atoms with E-state index in [0.29, 0.717) is 6.42 Å². The second-order valence-corrected chi connectivity index (χ2v) is 8.39. The molecule has 0 radical (unpaired) electrons. The van der Waals surface area contributed by atoms with Crippen molar-refractivity contribution in [3.63, 3.8) is 0 Å². The van der Waals surface area contributed by atoms with Crippen LogP contribution in [-0.4, -0.2) is 13.5 Å². The number of hydrogen-bond acceptors (Lipinski definition) is 4. The fraction of sp³-hybridized carbons (Fsp3) is 0.667. The molecule has 4 nitrogen and oxygen atoms in total. The zero-order chi connectivity index (χ0) is 19.1. The van der Waals surface area contributed by atoms with Crippen LogP contribution in [0.1, 0.15) is 90.4 Å². The highest BCUT2D eigenvalue weighted by Gasteiger charge is 2.23. The summed E-state index contributed by atoms with van der Waals surface area (Å²) in [5.41, 5.74) is 0. The van der Waals surface area contributed by atoms with Crippen molar-refractivity contribution in [2.24, 2.45) is 0 Å². The van der Waals surface area contributed by atoms with E-state index in [1.54, 1.807) is 18.2 Å². The highest BCUT2D eigenvalue weighted by atomic mass is 32.2. The molecule has 0 saturated carbocycles. The summed E-state index contributed by atoms with van der Waals surface area (Å²) in [5, 5.41) is -0.826. The number of benzene rings is 1. The van der Waals surface area contributed by atoms with Gasteiger partial charge in [0.05, 0.1) is 0 Å². The topological polar surface area (TPSA) is 60.4 Å². The Bertz CT molecular complexity index is 581. The van der Waals surface area contributed by atoms with Gasteiger partial charge in [0.1, 0.15) is 5.75 Å². The van der Waals surface area contributed by atoms with Gasteiger partial charge in [-0.1, -0.05) is 95.8 Å². The van der Waals surface area contributed by atoms with Gasteiger partial charge in [-0.25, -0.2) is 0 Å². The Morgan fingerprint density at radius 3 is 1.73 bits per heavy atom. The quantitative estimate of drug-likeness (QED) is 0.275. The summed E-state index contributed by atoms with van der Waals surface area (Å²) in [6.45, 7) is 2.24. The summed E-state index contributed by atoms with van der Waals surface area (Å²) >= 11 is 0. The van der Waals surface area contributed by atoms with Crippen molar-refractivity contribution in [1.29, 1.82) is 0 Å². The van der Waals surface area contributed by atoms with E-state index >= 15 is 0 Å². The highest BCUT2D eigenvalue weighted by molar-refractivity contribution is 8.02. The van der Waals surface area contributed by atoms with Gasteiger partial charge in [-0.15, -0.1) is 0 Å². The van der Waals surface area contributed by atoms with Crippen molar-refractivity contribution < 1.29 is 17.4 Å². The fourth-order valence-electron chi connectivity index (χ4n) is 2.88. The molecule has 1 aromatic carbocycles. The maximum absolute atomic E-state index is 11.9. The summed E-state index contributed by atoms with van der Waals surface area (Å²) in [6, 6.07) is 8.14. The minimum absolute atomic E-state index is 0.0343. The molecule has 26 heavy (non-hydrogen) atoms. The molecule has 0 saturated heterocycles. The Labute approximate surface area is 159 Å². The Morgan fingerprint density at radius 1 is 0.769 bits per heavy atom. The largest absolute Gasteiger partial charge is 0.377 e. The van der Waals surface area contributed by atoms with Crippen LogP contribution in [-0.2, 0) is 14.9 Å². The lowest BCUT2D eigenvalue weighted by molar-refractivity contribution is -0.112. The van der Waals surface area contributed by atoms with Crippen molar-refractivity contribution in [2.45, 2.75) is 90.4 Å². The Morgan fingerprint density at radius 2 is 1.23 bits per heavy atom. The van der Waals surface area contributed by atoms with Gasteiger partial charge >= 0.3 is 10.1 Å². The zero-order valence-electron chi connectivity index (χ0n) is 16.1. The molecule has 0 spiro atoms. The lowest BCUT2D eigenvalue weighted by atomic mass is 10.0. The minimum Gasteiger partial charge on any atom is -0.377 e. The molecular weight excluding hydrogens is 348 g/mol. The molecule has 0 amide bonds.